The van der Waals surface area contributed by atoms with Crippen molar-refractivity contribution in [2.24, 2.45) is 27.9 Å². The number of aromatic hydroxyl groups is 1. The molecule has 4 unspecified atom stereocenters. The normalized spacial score (nSPS) is 13.6. The number of phenols is 1. The molecule has 0 aliphatic rings. The van der Waals surface area contributed by atoms with Crippen molar-refractivity contribution >= 4 is 47.3 Å². The average Bonchev–Trinajstić information content (AvgIpc) is 2.91. The monoisotopic (exact) mass is 596 g/mol. The van der Waals surface area contributed by atoms with Crippen molar-refractivity contribution in [3.05, 3.63) is 29.8 Å². The van der Waals surface area contributed by atoms with Crippen molar-refractivity contribution in [2.45, 2.75) is 62.7 Å². The van der Waals surface area contributed by atoms with E-state index < -0.39 is 53.8 Å². The van der Waals surface area contributed by atoms with Crippen LogP contribution in [0.15, 0.2) is 29.3 Å². The maximum atomic E-state index is 13.3. The number of guanidine groups is 1. The average molecular weight is 597 g/mol. The van der Waals surface area contributed by atoms with Gasteiger partial charge in [0, 0.05) is 19.4 Å². The van der Waals surface area contributed by atoms with Crippen LogP contribution in [0, 0.1) is 0 Å². The molecular weight excluding hydrogens is 556 g/mol. The van der Waals surface area contributed by atoms with Gasteiger partial charge in [0.25, 0.3) is 0 Å². The van der Waals surface area contributed by atoms with Gasteiger partial charge in [0.15, 0.2) is 5.96 Å². The van der Waals surface area contributed by atoms with Gasteiger partial charge < -0.3 is 49.1 Å². The number of phenolic OH excluding ortho intramolecular Hbond substituents is 1. The molecule has 0 bridgehead atoms. The highest BCUT2D eigenvalue weighted by atomic mass is 32.2. The quantitative estimate of drug-likeness (QED) is 0.0472. The minimum absolute atomic E-state index is 0.00865. The molecule has 0 saturated carbocycles. The van der Waals surface area contributed by atoms with Crippen molar-refractivity contribution in [1.82, 2.24) is 16.0 Å². The van der Waals surface area contributed by atoms with E-state index in [1.54, 1.807) is 6.26 Å². The molecule has 1 aromatic rings. The molecule has 15 nitrogen and oxygen atoms in total. The van der Waals surface area contributed by atoms with Gasteiger partial charge in [-0.1, -0.05) is 12.1 Å². The maximum Gasteiger partial charge on any atom is 0.326 e. The van der Waals surface area contributed by atoms with E-state index in [9.17, 15) is 34.2 Å². The summed E-state index contributed by atoms with van der Waals surface area (Å²) in [6, 6.07) is 1.12. The second-order valence-corrected chi connectivity index (χ2v) is 10.2. The first-order valence-corrected chi connectivity index (χ1v) is 14.2. The van der Waals surface area contributed by atoms with Crippen LogP contribution in [-0.2, 0) is 30.4 Å². The molecule has 0 fully saturated rings. The van der Waals surface area contributed by atoms with E-state index in [4.69, 9.17) is 22.9 Å². The zero-order valence-electron chi connectivity index (χ0n) is 22.9. The molecule has 0 aliphatic carbocycles. The predicted molar refractivity (Wildman–Crippen MR) is 155 cm³/mol. The molecule has 0 radical (unpaired) electrons. The summed E-state index contributed by atoms with van der Waals surface area (Å²) in [5, 5.41) is 26.6. The molecule has 13 N–H and O–H groups in total. The first-order valence-electron chi connectivity index (χ1n) is 12.8. The number of nitrogens with one attached hydrogen (secondary N) is 3. The van der Waals surface area contributed by atoms with Gasteiger partial charge in [-0.15, -0.1) is 0 Å². The Morgan fingerprint density at radius 3 is 2.02 bits per heavy atom. The zero-order valence-corrected chi connectivity index (χ0v) is 23.7. The third-order valence-corrected chi connectivity index (χ3v) is 6.50. The number of primary amides is 1. The highest BCUT2D eigenvalue weighted by molar-refractivity contribution is 7.98. The first-order chi connectivity index (χ1) is 19.3. The smallest absolute Gasteiger partial charge is 0.326 e. The van der Waals surface area contributed by atoms with E-state index in [-0.39, 0.29) is 50.4 Å². The number of nitrogens with zero attached hydrogens (tertiary/aromatic N) is 1. The molecular formula is C25H40N8O7S. The topological polar surface area (TPSA) is 278 Å². The van der Waals surface area contributed by atoms with Gasteiger partial charge in [-0.3, -0.25) is 24.2 Å². The van der Waals surface area contributed by atoms with E-state index in [2.05, 4.69) is 20.9 Å². The number of nitrogens with two attached hydrogens (primary N) is 4. The predicted octanol–water partition coefficient (Wildman–Crippen LogP) is -2.13. The van der Waals surface area contributed by atoms with E-state index in [1.807, 2.05) is 0 Å². The molecule has 41 heavy (non-hydrogen) atoms. The summed E-state index contributed by atoms with van der Waals surface area (Å²) in [4.78, 5) is 66.1. The van der Waals surface area contributed by atoms with Crippen molar-refractivity contribution in [3.8, 4) is 5.75 Å². The van der Waals surface area contributed by atoms with E-state index >= 15 is 0 Å². The molecule has 0 aliphatic heterocycles. The third kappa shape index (κ3) is 14.2. The largest absolute Gasteiger partial charge is 0.508 e. The van der Waals surface area contributed by atoms with Gasteiger partial charge >= 0.3 is 5.97 Å². The number of carboxylic acids is 1. The molecule has 1 rings (SSSR count). The highest BCUT2D eigenvalue weighted by Crippen LogP contribution is 2.13. The summed E-state index contributed by atoms with van der Waals surface area (Å²) < 4.78 is 0. The van der Waals surface area contributed by atoms with Crippen LogP contribution in [0.5, 0.6) is 5.75 Å². The fraction of sp³-hybridized carbons (Fsp3) is 0.520. The summed E-state index contributed by atoms with van der Waals surface area (Å²) in [6.45, 7) is 0.247. The van der Waals surface area contributed by atoms with Crippen LogP contribution in [0.2, 0.25) is 0 Å². The minimum Gasteiger partial charge on any atom is -0.508 e. The van der Waals surface area contributed by atoms with Gasteiger partial charge in [0.1, 0.15) is 23.9 Å². The fourth-order valence-electron chi connectivity index (χ4n) is 3.60. The summed E-state index contributed by atoms with van der Waals surface area (Å²) in [5.41, 5.74) is 22.3. The number of hydrogen-bond donors (Lipinski definition) is 9. The van der Waals surface area contributed by atoms with Gasteiger partial charge in [-0.05, 0) is 55.4 Å². The Morgan fingerprint density at radius 1 is 0.878 bits per heavy atom. The van der Waals surface area contributed by atoms with Crippen molar-refractivity contribution in [1.29, 1.82) is 0 Å². The van der Waals surface area contributed by atoms with Gasteiger partial charge in [0.2, 0.25) is 23.6 Å². The molecule has 4 atom stereocenters. The number of amides is 4. The van der Waals surface area contributed by atoms with Crippen molar-refractivity contribution < 1.29 is 34.2 Å². The molecule has 0 spiro atoms. The van der Waals surface area contributed by atoms with Crippen LogP contribution in [-0.4, -0.2) is 88.5 Å². The Morgan fingerprint density at radius 2 is 1.46 bits per heavy atom. The second-order valence-electron chi connectivity index (χ2n) is 9.23. The second kappa shape index (κ2) is 18.3. The van der Waals surface area contributed by atoms with Crippen molar-refractivity contribution in [3.63, 3.8) is 0 Å². The lowest BCUT2D eigenvalue weighted by Crippen LogP contribution is -2.57. The Bertz CT molecular complexity index is 1070. The molecule has 0 saturated heterocycles. The number of rotatable bonds is 19. The Labute approximate surface area is 242 Å². The number of carboxylic acid groups (broad SMARTS) is 1. The first kappa shape index (κ1) is 35.0. The van der Waals surface area contributed by atoms with Crippen molar-refractivity contribution in [2.75, 3.05) is 18.6 Å². The van der Waals surface area contributed by atoms with Gasteiger partial charge in [0.05, 0.1) is 6.04 Å². The Hall–Kier alpha value is -4.05. The highest BCUT2D eigenvalue weighted by Gasteiger charge is 2.30. The van der Waals surface area contributed by atoms with Gasteiger partial charge in [-0.25, -0.2) is 4.79 Å². The van der Waals surface area contributed by atoms with Crippen LogP contribution in [0.25, 0.3) is 0 Å². The number of carbonyl (C=O) groups is 5. The molecule has 1 aromatic carbocycles. The molecule has 4 amide bonds. The number of aliphatic carboxylic acids is 1. The number of hydrogen-bond acceptors (Lipinski definition) is 9. The summed E-state index contributed by atoms with van der Waals surface area (Å²) in [7, 11) is 0. The SMILES string of the molecule is CSCCC(NC(=O)C(Cc1ccc(O)cc1)NC(=O)C(CCC(N)=O)NC(=O)C(N)CCCN=C(N)N)C(=O)O. The molecule has 0 aromatic heterocycles. The summed E-state index contributed by atoms with van der Waals surface area (Å²) in [5.74, 6) is -3.83. The number of benzene rings is 1. The van der Waals surface area contributed by atoms with Crippen LogP contribution >= 0.6 is 11.8 Å². The molecule has 0 heterocycles. The summed E-state index contributed by atoms with van der Waals surface area (Å²) >= 11 is 1.41. The van der Waals surface area contributed by atoms with E-state index in [0.717, 1.165) is 0 Å². The number of carbonyl (C=O) groups excluding carboxylic acids is 4. The van der Waals surface area contributed by atoms with Gasteiger partial charge in [-0.2, -0.15) is 11.8 Å². The Balaban J connectivity index is 3.10. The Kier molecular flexibility index (Phi) is 15.6. The molecule has 228 valence electrons. The zero-order chi connectivity index (χ0) is 30.9. The van der Waals surface area contributed by atoms with E-state index in [1.165, 1.54) is 36.0 Å². The lowest BCUT2D eigenvalue weighted by Gasteiger charge is -2.25. The maximum absolute atomic E-state index is 13.3. The van der Waals surface area contributed by atoms with Crippen LogP contribution in [0.3, 0.4) is 0 Å². The standard InChI is InChI=1S/C25H40N8O7S/c1-41-12-10-18(24(39)40)32-23(38)19(13-14-4-6-15(34)7-5-14)33-22(37)17(8-9-20(27)35)31-21(36)16(26)3-2-11-30-25(28)29/h4-7,16-19,34H,2-3,8-13,26H2,1H3,(H2,27,35)(H,31,36)(H,32,38)(H,33,37)(H,39,40)(H4,28,29,30). The van der Waals surface area contributed by atoms with E-state index in [0.29, 0.717) is 17.7 Å². The van der Waals surface area contributed by atoms with Crippen LogP contribution < -0.4 is 38.9 Å². The molecule has 16 heteroatoms. The third-order valence-electron chi connectivity index (χ3n) is 5.85. The minimum atomic E-state index is -1.28. The summed E-state index contributed by atoms with van der Waals surface area (Å²) in [6.07, 6.45) is 2.06. The lowest BCUT2D eigenvalue weighted by molar-refractivity contribution is -0.142. The van der Waals surface area contributed by atoms with Crippen LogP contribution in [0.4, 0.5) is 0 Å². The number of thioether (sulfide) groups is 1. The fourth-order valence-corrected chi connectivity index (χ4v) is 4.07. The number of aliphatic imine (C=N–C) groups is 1. The lowest BCUT2D eigenvalue weighted by atomic mass is 10.0. The van der Waals surface area contributed by atoms with Crippen LogP contribution in [0.1, 0.15) is 37.7 Å².